The molecule has 0 atom stereocenters. The number of hydrogen-bond donors (Lipinski definition) is 0. The van der Waals surface area contributed by atoms with Gasteiger partial charge in [-0.3, -0.25) is 0 Å². The zero-order valence-corrected chi connectivity index (χ0v) is 14.6. The van der Waals surface area contributed by atoms with Crippen LogP contribution in [0.1, 0.15) is 30.4 Å². The molecule has 0 N–H and O–H groups in total. The number of unbranched alkanes of at least 4 members (excludes halogenated alkanes) is 2. The maximum absolute atomic E-state index is 2.35. The van der Waals surface area contributed by atoms with Crippen LogP contribution in [0.15, 0.2) is 84.9 Å². The molecule has 0 unspecified atom stereocenters. The fourth-order valence-electron chi connectivity index (χ4n) is 3.62. The van der Waals surface area contributed by atoms with Crippen LogP contribution in [-0.4, -0.2) is 0 Å². The van der Waals surface area contributed by atoms with Crippen molar-refractivity contribution in [2.24, 2.45) is 0 Å². The van der Waals surface area contributed by atoms with Crippen LogP contribution in [0.3, 0.4) is 0 Å². The van der Waals surface area contributed by atoms with E-state index in [9.17, 15) is 0 Å². The molecular formula is C25H24. The number of aryl methyl sites for hydroxylation is 2. The maximum atomic E-state index is 2.35. The van der Waals surface area contributed by atoms with E-state index >= 15 is 0 Å². The molecule has 0 aliphatic rings. The highest BCUT2D eigenvalue weighted by Crippen LogP contribution is 2.19. The van der Waals surface area contributed by atoms with Crippen LogP contribution >= 0.6 is 0 Å². The second-order valence-corrected chi connectivity index (χ2v) is 6.92. The SMILES string of the molecule is c1ccc2cc(CCCCCc3ccc4ccccc4c3)ccc2c1. The van der Waals surface area contributed by atoms with Gasteiger partial charge < -0.3 is 0 Å². The fraction of sp³-hybridized carbons (Fsp3) is 0.200. The summed E-state index contributed by atoms with van der Waals surface area (Å²) in [5.41, 5.74) is 2.92. The van der Waals surface area contributed by atoms with E-state index < -0.39 is 0 Å². The van der Waals surface area contributed by atoms with Crippen molar-refractivity contribution in [2.75, 3.05) is 0 Å². The summed E-state index contributed by atoms with van der Waals surface area (Å²) >= 11 is 0. The highest BCUT2D eigenvalue weighted by atomic mass is 14.0. The van der Waals surface area contributed by atoms with Crippen molar-refractivity contribution in [3.05, 3.63) is 96.1 Å². The van der Waals surface area contributed by atoms with Gasteiger partial charge in [-0.05, 0) is 58.4 Å². The van der Waals surface area contributed by atoms with E-state index in [-0.39, 0.29) is 0 Å². The topological polar surface area (TPSA) is 0 Å². The van der Waals surface area contributed by atoms with Crippen LogP contribution in [0.2, 0.25) is 0 Å². The standard InChI is InChI=1S/C25H24/c1(2-8-20-14-16-22-10-4-6-12-24(22)18-20)3-9-21-15-17-23-11-5-7-13-25(23)19-21/h4-7,10-19H,1-3,8-9H2. The number of hydrogen-bond acceptors (Lipinski definition) is 0. The Morgan fingerprint density at radius 3 is 1.32 bits per heavy atom. The van der Waals surface area contributed by atoms with Gasteiger partial charge in [-0.1, -0.05) is 91.3 Å². The van der Waals surface area contributed by atoms with Crippen molar-refractivity contribution >= 4 is 21.5 Å². The largest absolute Gasteiger partial charge is 0.0616 e. The molecule has 0 spiro atoms. The third-order valence-corrected chi connectivity index (χ3v) is 5.06. The summed E-state index contributed by atoms with van der Waals surface area (Å²) in [7, 11) is 0. The zero-order valence-electron chi connectivity index (χ0n) is 14.6. The Morgan fingerprint density at radius 2 is 0.840 bits per heavy atom. The van der Waals surface area contributed by atoms with Gasteiger partial charge in [0.15, 0.2) is 0 Å². The Morgan fingerprint density at radius 1 is 0.400 bits per heavy atom. The summed E-state index contributed by atoms with van der Waals surface area (Å²) in [6.45, 7) is 0. The van der Waals surface area contributed by atoms with Crippen molar-refractivity contribution in [3.63, 3.8) is 0 Å². The summed E-state index contributed by atoms with van der Waals surface area (Å²) < 4.78 is 0. The minimum atomic E-state index is 1.18. The first kappa shape index (κ1) is 15.9. The lowest BCUT2D eigenvalue weighted by molar-refractivity contribution is 0.679. The van der Waals surface area contributed by atoms with E-state index in [1.165, 1.54) is 64.8 Å². The smallest absolute Gasteiger partial charge is 0.0181 e. The Balaban J connectivity index is 1.28. The normalized spacial score (nSPS) is 11.2. The van der Waals surface area contributed by atoms with Crippen LogP contribution in [0, 0.1) is 0 Å². The van der Waals surface area contributed by atoms with Crippen molar-refractivity contribution in [1.29, 1.82) is 0 Å². The summed E-state index contributed by atoms with van der Waals surface area (Å²) in [5.74, 6) is 0. The molecule has 4 aromatic carbocycles. The number of benzene rings is 4. The number of rotatable bonds is 6. The van der Waals surface area contributed by atoms with Crippen LogP contribution < -0.4 is 0 Å². The maximum Gasteiger partial charge on any atom is -0.0181 e. The van der Waals surface area contributed by atoms with Gasteiger partial charge in [-0.15, -0.1) is 0 Å². The lowest BCUT2D eigenvalue weighted by Gasteiger charge is -2.06. The molecule has 0 aliphatic heterocycles. The van der Waals surface area contributed by atoms with Gasteiger partial charge in [0.05, 0.1) is 0 Å². The lowest BCUT2D eigenvalue weighted by atomic mass is 10.00. The highest BCUT2D eigenvalue weighted by Gasteiger charge is 1.99. The van der Waals surface area contributed by atoms with Crippen LogP contribution in [-0.2, 0) is 12.8 Å². The molecule has 25 heavy (non-hydrogen) atoms. The molecule has 0 bridgehead atoms. The molecule has 0 heterocycles. The first-order valence-corrected chi connectivity index (χ1v) is 9.34. The molecule has 0 aliphatic carbocycles. The zero-order chi connectivity index (χ0) is 16.9. The Kier molecular flexibility index (Phi) is 4.79. The molecule has 0 amide bonds. The second-order valence-electron chi connectivity index (χ2n) is 6.92. The second kappa shape index (κ2) is 7.53. The van der Waals surface area contributed by atoms with Crippen molar-refractivity contribution in [2.45, 2.75) is 32.1 Å². The average molecular weight is 324 g/mol. The van der Waals surface area contributed by atoms with E-state index in [2.05, 4.69) is 84.9 Å². The molecule has 4 aromatic rings. The molecule has 0 saturated carbocycles. The van der Waals surface area contributed by atoms with E-state index in [0.717, 1.165) is 0 Å². The van der Waals surface area contributed by atoms with Gasteiger partial charge in [0.2, 0.25) is 0 Å². The van der Waals surface area contributed by atoms with Gasteiger partial charge in [0.25, 0.3) is 0 Å². The fourth-order valence-corrected chi connectivity index (χ4v) is 3.62. The predicted octanol–water partition coefficient (Wildman–Crippen LogP) is 6.95. The van der Waals surface area contributed by atoms with Crippen LogP contribution in [0.4, 0.5) is 0 Å². The molecule has 124 valence electrons. The molecule has 4 rings (SSSR count). The minimum absolute atomic E-state index is 1.18. The highest BCUT2D eigenvalue weighted by molar-refractivity contribution is 5.83. The van der Waals surface area contributed by atoms with Gasteiger partial charge >= 0.3 is 0 Å². The molecule has 0 heteroatoms. The van der Waals surface area contributed by atoms with Crippen molar-refractivity contribution in [3.8, 4) is 0 Å². The van der Waals surface area contributed by atoms with Gasteiger partial charge in [-0.2, -0.15) is 0 Å². The summed E-state index contributed by atoms with van der Waals surface area (Å²) in [6, 6.07) is 31.0. The molecule has 0 aromatic heterocycles. The Labute approximate surface area is 150 Å². The third kappa shape index (κ3) is 3.91. The molecule has 0 saturated heterocycles. The average Bonchev–Trinajstić information content (AvgIpc) is 2.67. The van der Waals surface area contributed by atoms with Gasteiger partial charge in [0.1, 0.15) is 0 Å². The van der Waals surface area contributed by atoms with Crippen LogP contribution in [0.25, 0.3) is 21.5 Å². The van der Waals surface area contributed by atoms with E-state index in [0.29, 0.717) is 0 Å². The minimum Gasteiger partial charge on any atom is -0.0616 e. The molecular weight excluding hydrogens is 300 g/mol. The summed E-state index contributed by atoms with van der Waals surface area (Å²) in [5, 5.41) is 5.39. The van der Waals surface area contributed by atoms with Crippen LogP contribution in [0.5, 0.6) is 0 Å². The summed E-state index contributed by atoms with van der Waals surface area (Å²) in [4.78, 5) is 0. The van der Waals surface area contributed by atoms with E-state index in [4.69, 9.17) is 0 Å². The third-order valence-electron chi connectivity index (χ3n) is 5.06. The first-order valence-electron chi connectivity index (χ1n) is 9.34. The summed E-state index contributed by atoms with van der Waals surface area (Å²) in [6.07, 6.45) is 6.20. The molecule has 0 nitrogen and oxygen atoms in total. The lowest BCUT2D eigenvalue weighted by Crippen LogP contribution is -1.89. The Hall–Kier alpha value is -2.60. The molecule has 0 fully saturated rings. The van der Waals surface area contributed by atoms with Gasteiger partial charge in [-0.25, -0.2) is 0 Å². The monoisotopic (exact) mass is 324 g/mol. The van der Waals surface area contributed by atoms with E-state index in [1.54, 1.807) is 0 Å². The van der Waals surface area contributed by atoms with Crippen molar-refractivity contribution in [1.82, 2.24) is 0 Å². The first-order chi connectivity index (χ1) is 12.4. The van der Waals surface area contributed by atoms with E-state index in [1.807, 2.05) is 0 Å². The Bertz CT molecular complexity index is 900. The van der Waals surface area contributed by atoms with Crippen molar-refractivity contribution < 1.29 is 0 Å². The van der Waals surface area contributed by atoms with Gasteiger partial charge in [0, 0.05) is 0 Å². The molecule has 0 radical (unpaired) electrons. The predicted molar refractivity (Wildman–Crippen MR) is 109 cm³/mol. The number of fused-ring (bicyclic) bond motifs is 2. The quantitative estimate of drug-likeness (QED) is 0.337.